The highest BCUT2D eigenvalue weighted by atomic mass is 19.1. The van der Waals surface area contributed by atoms with Gasteiger partial charge in [-0.05, 0) is 18.2 Å². The van der Waals surface area contributed by atoms with Gasteiger partial charge in [-0.2, -0.15) is 5.10 Å². The van der Waals surface area contributed by atoms with Crippen LogP contribution in [0.1, 0.15) is 16.2 Å². The van der Waals surface area contributed by atoms with Crippen LogP contribution in [0.5, 0.6) is 5.75 Å². The fraction of sp³-hybridized carbons (Fsp3) is 0.182. The molecule has 0 radical (unpaired) electrons. The van der Waals surface area contributed by atoms with Crippen LogP contribution < -0.4 is 4.74 Å². The van der Waals surface area contributed by atoms with Crippen LogP contribution >= 0.6 is 0 Å². The number of nitrogens with zero attached hydrogens (tertiary/aromatic N) is 3. The first-order chi connectivity index (χ1) is 8.58. The summed E-state index contributed by atoms with van der Waals surface area (Å²) in [7, 11) is 1.69. The number of aryl methyl sites for hydroxylation is 1. The van der Waals surface area contributed by atoms with Crippen molar-refractivity contribution in [1.29, 1.82) is 0 Å². The maximum atomic E-state index is 13.5. The molecule has 18 heavy (non-hydrogen) atoms. The molecule has 0 saturated carbocycles. The molecule has 0 spiro atoms. The van der Waals surface area contributed by atoms with E-state index in [9.17, 15) is 9.18 Å². The molecule has 0 bridgehead atoms. The monoisotopic (exact) mass is 251 g/mol. The van der Waals surface area contributed by atoms with E-state index < -0.39 is 11.8 Å². The highest BCUT2D eigenvalue weighted by Crippen LogP contribution is 2.19. The third-order valence-corrected chi connectivity index (χ3v) is 2.34. The first kappa shape index (κ1) is 12.0. The molecule has 0 saturated heterocycles. The molecule has 2 rings (SSSR count). The van der Waals surface area contributed by atoms with Gasteiger partial charge in [0.05, 0.1) is 5.56 Å². The molecular weight excluding hydrogens is 241 g/mol. The summed E-state index contributed by atoms with van der Waals surface area (Å²) in [6, 6.07) is 3.46. The minimum absolute atomic E-state index is 0.0250. The Kier molecular flexibility index (Phi) is 3.22. The number of carboxylic acids is 1. The zero-order chi connectivity index (χ0) is 13.1. The molecule has 1 aromatic carbocycles. The lowest BCUT2D eigenvalue weighted by atomic mass is 10.2. The topological polar surface area (TPSA) is 77.2 Å². The van der Waals surface area contributed by atoms with Crippen LogP contribution in [0.15, 0.2) is 24.5 Å². The molecular formula is C11H10FN3O3. The summed E-state index contributed by atoms with van der Waals surface area (Å²) in [5.74, 6) is -1.40. The second-order valence-electron chi connectivity index (χ2n) is 3.54. The molecule has 0 fully saturated rings. The van der Waals surface area contributed by atoms with Crippen molar-refractivity contribution in [2.45, 2.75) is 6.61 Å². The second kappa shape index (κ2) is 4.82. The minimum Gasteiger partial charge on any atom is -0.483 e. The number of rotatable bonds is 4. The standard InChI is InChI=1S/C11H10FN3O3/c1-15-10(13-6-14-15)5-18-9-3-2-7(11(16)17)4-8(9)12/h2-4,6H,5H2,1H3,(H,16,17). The summed E-state index contributed by atoms with van der Waals surface area (Å²) < 4.78 is 20.2. The Morgan fingerprint density at radius 3 is 2.89 bits per heavy atom. The Labute approximate surface area is 102 Å². The molecule has 0 aliphatic heterocycles. The van der Waals surface area contributed by atoms with E-state index in [-0.39, 0.29) is 17.9 Å². The largest absolute Gasteiger partial charge is 0.483 e. The zero-order valence-electron chi connectivity index (χ0n) is 9.50. The molecule has 7 heteroatoms. The first-order valence-corrected chi connectivity index (χ1v) is 5.06. The van der Waals surface area contributed by atoms with Crippen LogP contribution in [-0.2, 0) is 13.7 Å². The van der Waals surface area contributed by atoms with Crippen molar-refractivity contribution in [2.24, 2.45) is 7.05 Å². The van der Waals surface area contributed by atoms with Crippen LogP contribution in [0, 0.1) is 5.82 Å². The number of carboxylic acid groups (broad SMARTS) is 1. The third-order valence-electron chi connectivity index (χ3n) is 2.34. The van der Waals surface area contributed by atoms with Gasteiger partial charge in [0.15, 0.2) is 17.4 Å². The van der Waals surface area contributed by atoms with Crippen LogP contribution in [0.3, 0.4) is 0 Å². The van der Waals surface area contributed by atoms with Crippen LogP contribution in [0.4, 0.5) is 4.39 Å². The predicted molar refractivity (Wildman–Crippen MR) is 58.7 cm³/mol. The summed E-state index contributed by atoms with van der Waals surface area (Å²) in [5.41, 5.74) is -0.126. The summed E-state index contributed by atoms with van der Waals surface area (Å²) in [6.45, 7) is 0.0554. The molecule has 1 heterocycles. The lowest BCUT2D eigenvalue weighted by Gasteiger charge is -2.07. The number of benzene rings is 1. The van der Waals surface area contributed by atoms with Gasteiger partial charge in [-0.15, -0.1) is 0 Å². The predicted octanol–water partition coefficient (Wildman–Crippen LogP) is 1.23. The van der Waals surface area contributed by atoms with Crippen molar-refractivity contribution < 1.29 is 19.0 Å². The summed E-state index contributed by atoms with van der Waals surface area (Å²) in [5, 5.41) is 12.5. The van der Waals surface area contributed by atoms with Gasteiger partial charge in [0.25, 0.3) is 0 Å². The van der Waals surface area contributed by atoms with Gasteiger partial charge in [-0.1, -0.05) is 0 Å². The number of hydrogen-bond donors (Lipinski definition) is 1. The lowest BCUT2D eigenvalue weighted by Crippen LogP contribution is -2.06. The smallest absolute Gasteiger partial charge is 0.335 e. The van der Waals surface area contributed by atoms with Gasteiger partial charge < -0.3 is 9.84 Å². The van der Waals surface area contributed by atoms with E-state index in [1.54, 1.807) is 7.05 Å². The van der Waals surface area contributed by atoms with Gasteiger partial charge >= 0.3 is 5.97 Å². The Hall–Kier alpha value is -2.44. The van der Waals surface area contributed by atoms with Crippen molar-refractivity contribution in [1.82, 2.24) is 14.8 Å². The SMILES string of the molecule is Cn1ncnc1COc1ccc(C(=O)O)cc1F. The van der Waals surface area contributed by atoms with Gasteiger partial charge in [-0.25, -0.2) is 14.2 Å². The Morgan fingerprint density at radius 2 is 2.33 bits per heavy atom. The van der Waals surface area contributed by atoms with E-state index in [2.05, 4.69) is 10.1 Å². The molecule has 0 atom stereocenters. The van der Waals surface area contributed by atoms with Crippen molar-refractivity contribution in [3.63, 3.8) is 0 Å². The highest BCUT2D eigenvalue weighted by Gasteiger charge is 2.10. The fourth-order valence-corrected chi connectivity index (χ4v) is 1.34. The van der Waals surface area contributed by atoms with Gasteiger partial charge in [0.1, 0.15) is 12.9 Å². The summed E-state index contributed by atoms with van der Waals surface area (Å²) in [6.07, 6.45) is 1.36. The summed E-state index contributed by atoms with van der Waals surface area (Å²) >= 11 is 0. The number of ether oxygens (including phenoxy) is 1. The Balaban J connectivity index is 2.11. The van der Waals surface area contributed by atoms with Gasteiger partial charge in [0, 0.05) is 7.05 Å². The van der Waals surface area contributed by atoms with Crippen molar-refractivity contribution in [3.05, 3.63) is 41.7 Å². The number of aromatic nitrogens is 3. The van der Waals surface area contributed by atoms with E-state index >= 15 is 0 Å². The fourth-order valence-electron chi connectivity index (χ4n) is 1.34. The quantitative estimate of drug-likeness (QED) is 0.884. The lowest BCUT2D eigenvalue weighted by molar-refractivity contribution is 0.0696. The zero-order valence-corrected chi connectivity index (χ0v) is 9.50. The maximum Gasteiger partial charge on any atom is 0.335 e. The van der Waals surface area contributed by atoms with E-state index in [0.29, 0.717) is 5.82 Å². The normalized spacial score (nSPS) is 10.3. The molecule has 0 aliphatic rings. The van der Waals surface area contributed by atoms with Crippen LogP contribution in [0.25, 0.3) is 0 Å². The maximum absolute atomic E-state index is 13.5. The molecule has 94 valence electrons. The average molecular weight is 251 g/mol. The van der Waals surface area contributed by atoms with E-state index in [4.69, 9.17) is 9.84 Å². The van der Waals surface area contributed by atoms with Crippen molar-refractivity contribution in [2.75, 3.05) is 0 Å². The van der Waals surface area contributed by atoms with E-state index in [0.717, 1.165) is 6.07 Å². The van der Waals surface area contributed by atoms with Crippen LogP contribution in [-0.4, -0.2) is 25.8 Å². The number of carbonyl (C=O) groups is 1. The summed E-state index contributed by atoms with van der Waals surface area (Å²) in [4.78, 5) is 14.5. The molecule has 0 unspecified atom stereocenters. The molecule has 1 N–H and O–H groups in total. The Bertz CT molecular complexity index is 583. The van der Waals surface area contributed by atoms with E-state index in [1.807, 2.05) is 0 Å². The first-order valence-electron chi connectivity index (χ1n) is 5.06. The van der Waals surface area contributed by atoms with Crippen molar-refractivity contribution in [3.8, 4) is 5.75 Å². The minimum atomic E-state index is -1.19. The van der Waals surface area contributed by atoms with E-state index in [1.165, 1.54) is 23.1 Å². The molecule has 6 nitrogen and oxygen atoms in total. The van der Waals surface area contributed by atoms with Gasteiger partial charge in [-0.3, -0.25) is 4.68 Å². The second-order valence-corrected chi connectivity index (χ2v) is 3.54. The number of halogens is 1. The number of aromatic carboxylic acids is 1. The Morgan fingerprint density at radius 1 is 1.56 bits per heavy atom. The third kappa shape index (κ3) is 2.45. The molecule has 0 amide bonds. The molecule has 1 aromatic heterocycles. The van der Waals surface area contributed by atoms with Crippen LogP contribution in [0.2, 0.25) is 0 Å². The number of hydrogen-bond acceptors (Lipinski definition) is 4. The highest BCUT2D eigenvalue weighted by molar-refractivity contribution is 5.87. The molecule has 2 aromatic rings. The van der Waals surface area contributed by atoms with Crippen molar-refractivity contribution >= 4 is 5.97 Å². The van der Waals surface area contributed by atoms with Gasteiger partial charge in [0.2, 0.25) is 0 Å². The average Bonchev–Trinajstić information content (AvgIpc) is 2.73. The molecule has 0 aliphatic carbocycles.